The Labute approximate surface area is 232 Å². The highest BCUT2D eigenvalue weighted by atomic mass is 16.6. The molecule has 0 saturated carbocycles. The van der Waals surface area contributed by atoms with Crippen LogP contribution in [0.4, 0.5) is 4.79 Å². The summed E-state index contributed by atoms with van der Waals surface area (Å²) in [6, 6.07) is 18.8. The molecular formula is C31H31N5O4. The van der Waals surface area contributed by atoms with Gasteiger partial charge in [0.05, 0.1) is 30.1 Å². The molecule has 0 radical (unpaired) electrons. The maximum Gasteiger partial charge on any atom is 0.410 e. The van der Waals surface area contributed by atoms with Gasteiger partial charge in [-0.2, -0.15) is 5.26 Å². The van der Waals surface area contributed by atoms with Crippen LogP contribution < -0.4 is 0 Å². The van der Waals surface area contributed by atoms with E-state index in [1.165, 1.54) is 0 Å². The number of ether oxygens (including phenoxy) is 1. The van der Waals surface area contributed by atoms with Crippen LogP contribution in [-0.4, -0.2) is 68.1 Å². The molecule has 1 fully saturated rings. The summed E-state index contributed by atoms with van der Waals surface area (Å²) in [6.45, 7) is 6.75. The fourth-order valence-corrected chi connectivity index (χ4v) is 4.78. The van der Waals surface area contributed by atoms with Gasteiger partial charge in [0.2, 0.25) is 0 Å². The monoisotopic (exact) mass is 537 g/mol. The second-order valence-corrected chi connectivity index (χ2v) is 10.8. The molecule has 4 aromatic rings. The first-order valence-corrected chi connectivity index (χ1v) is 13.2. The maximum atomic E-state index is 13.4. The fraction of sp³-hybridized carbons (Fsp3) is 0.290. The number of nitrogens with zero attached hydrogens (tertiary/aromatic N) is 5. The van der Waals surface area contributed by atoms with E-state index in [0.717, 1.165) is 28.0 Å². The summed E-state index contributed by atoms with van der Waals surface area (Å²) in [6.07, 6.45) is 3.39. The number of piperazine rings is 1. The van der Waals surface area contributed by atoms with Gasteiger partial charge in [0.15, 0.2) is 0 Å². The van der Waals surface area contributed by atoms with Crippen LogP contribution in [0.3, 0.4) is 0 Å². The zero-order valence-electron chi connectivity index (χ0n) is 22.8. The normalized spacial score (nSPS) is 13.8. The van der Waals surface area contributed by atoms with Gasteiger partial charge in [-0.05, 0) is 73.9 Å². The topological polar surface area (TPSA) is 111 Å². The third-order valence-corrected chi connectivity index (χ3v) is 6.87. The van der Waals surface area contributed by atoms with Gasteiger partial charge in [-0.15, -0.1) is 0 Å². The second-order valence-electron chi connectivity index (χ2n) is 10.8. The largest absolute Gasteiger partial charge is 0.444 e. The van der Waals surface area contributed by atoms with Crippen LogP contribution in [0.1, 0.15) is 42.3 Å². The van der Waals surface area contributed by atoms with Crippen molar-refractivity contribution in [2.75, 3.05) is 26.2 Å². The maximum absolute atomic E-state index is 13.4. The summed E-state index contributed by atoms with van der Waals surface area (Å²) >= 11 is 0. The van der Waals surface area contributed by atoms with Crippen molar-refractivity contribution in [1.29, 1.82) is 5.26 Å². The first-order valence-electron chi connectivity index (χ1n) is 13.2. The van der Waals surface area contributed by atoms with E-state index >= 15 is 0 Å². The standard InChI is InChI=1S/C31H31N5O4/c1-31(2,3)40-30(39)35-14-12-34(13-15-35)29(38)26-10-8-23(16-25(26)20-37)24-9-11-28-33-18-27(36(28)19-24)22-6-4-21(17-32)5-7-22/h4-11,16,18-19,37H,12-15,20H2,1-3H3. The molecule has 0 spiro atoms. The third kappa shape index (κ3) is 5.53. The highest BCUT2D eigenvalue weighted by Crippen LogP contribution is 2.28. The molecule has 2 aromatic heterocycles. The minimum absolute atomic E-state index is 0.174. The number of nitriles is 1. The summed E-state index contributed by atoms with van der Waals surface area (Å²) in [4.78, 5) is 33.6. The highest BCUT2D eigenvalue weighted by Gasteiger charge is 2.29. The molecule has 0 aliphatic carbocycles. The molecule has 9 nitrogen and oxygen atoms in total. The van der Waals surface area contributed by atoms with Crippen molar-refractivity contribution in [3.63, 3.8) is 0 Å². The molecule has 2 amide bonds. The Morgan fingerprint density at radius 2 is 1.60 bits per heavy atom. The lowest BCUT2D eigenvalue weighted by molar-refractivity contribution is 0.0140. The quantitative estimate of drug-likeness (QED) is 0.403. The van der Waals surface area contributed by atoms with Gasteiger partial charge in [0.25, 0.3) is 5.91 Å². The first-order chi connectivity index (χ1) is 19.2. The number of pyridine rings is 1. The van der Waals surface area contributed by atoms with Crippen molar-refractivity contribution in [1.82, 2.24) is 19.2 Å². The predicted molar refractivity (Wildman–Crippen MR) is 150 cm³/mol. The smallest absolute Gasteiger partial charge is 0.410 e. The molecule has 9 heteroatoms. The van der Waals surface area contributed by atoms with E-state index in [-0.39, 0.29) is 18.6 Å². The summed E-state index contributed by atoms with van der Waals surface area (Å²) < 4.78 is 7.43. The lowest BCUT2D eigenvalue weighted by atomic mass is 9.99. The highest BCUT2D eigenvalue weighted by molar-refractivity contribution is 5.96. The molecule has 204 valence electrons. The second kappa shape index (κ2) is 10.8. The molecule has 1 N–H and O–H groups in total. The Morgan fingerprint density at radius 3 is 2.25 bits per heavy atom. The van der Waals surface area contributed by atoms with Gasteiger partial charge in [0.1, 0.15) is 11.2 Å². The zero-order valence-corrected chi connectivity index (χ0v) is 22.8. The predicted octanol–water partition coefficient (Wildman–Crippen LogP) is 4.73. The number of aromatic nitrogens is 2. The first kappa shape index (κ1) is 26.9. The van der Waals surface area contributed by atoms with E-state index < -0.39 is 5.60 Å². The number of carbonyl (C=O) groups excluding carboxylic acids is 2. The Kier molecular flexibility index (Phi) is 7.28. The summed E-state index contributed by atoms with van der Waals surface area (Å²) in [5, 5.41) is 19.3. The zero-order chi connectivity index (χ0) is 28.4. The van der Waals surface area contributed by atoms with E-state index in [9.17, 15) is 14.7 Å². The molecule has 5 rings (SSSR count). The number of benzene rings is 2. The third-order valence-electron chi connectivity index (χ3n) is 6.87. The summed E-state index contributed by atoms with van der Waals surface area (Å²) in [5.74, 6) is -0.174. The number of aliphatic hydroxyl groups excluding tert-OH is 1. The lowest BCUT2D eigenvalue weighted by Crippen LogP contribution is -2.51. The molecule has 0 atom stereocenters. The average Bonchev–Trinajstić information content (AvgIpc) is 3.39. The van der Waals surface area contributed by atoms with Gasteiger partial charge in [-0.3, -0.25) is 9.20 Å². The van der Waals surface area contributed by atoms with E-state index in [2.05, 4.69) is 11.1 Å². The van der Waals surface area contributed by atoms with Gasteiger partial charge in [-0.25, -0.2) is 9.78 Å². The van der Waals surface area contributed by atoms with Crippen molar-refractivity contribution in [3.8, 4) is 28.5 Å². The number of aliphatic hydroxyl groups is 1. The molecule has 1 aliphatic rings. The molecule has 2 aromatic carbocycles. The molecule has 1 aliphatic heterocycles. The van der Waals surface area contributed by atoms with Crippen LogP contribution in [0.15, 0.2) is 67.0 Å². The molecule has 0 bridgehead atoms. The van der Waals surface area contributed by atoms with Crippen LogP contribution >= 0.6 is 0 Å². The number of imidazole rings is 1. The number of hydrogen-bond donors (Lipinski definition) is 1. The Morgan fingerprint density at radius 1 is 0.950 bits per heavy atom. The van der Waals surface area contributed by atoms with Crippen LogP contribution in [0.25, 0.3) is 28.0 Å². The molecule has 3 heterocycles. The van der Waals surface area contributed by atoms with E-state index in [0.29, 0.717) is 42.9 Å². The summed E-state index contributed by atoms with van der Waals surface area (Å²) in [7, 11) is 0. The number of hydrogen-bond acceptors (Lipinski definition) is 6. The number of carbonyl (C=O) groups is 2. The number of fused-ring (bicyclic) bond motifs is 1. The van der Waals surface area contributed by atoms with Crippen molar-refractivity contribution >= 4 is 17.6 Å². The van der Waals surface area contributed by atoms with Crippen LogP contribution in [0.5, 0.6) is 0 Å². The summed E-state index contributed by atoms with van der Waals surface area (Å²) in [5.41, 5.74) is 5.37. The molecule has 0 unspecified atom stereocenters. The minimum Gasteiger partial charge on any atom is -0.444 e. The lowest BCUT2D eigenvalue weighted by Gasteiger charge is -2.35. The Hall–Kier alpha value is -4.68. The molecular weight excluding hydrogens is 506 g/mol. The fourth-order valence-electron chi connectivity index (χ4n) is 4.78. The SMILES string of the molecule is CC(C)(C)OC(=O)N1CCN(C(=O)c2ccc(-c3ccc4ncc(-c5ccc(C#N)cc5)n4c3)cc2CO)CC1. The Bertz CT molecular complexity index is 1600. The average molecular weight is 538 g/mol. The van der Waals surface area contributed by atoms with Crippen molar-refractivity contribution in [2.24, 2.45) is 0 Å². The van der Waals surface area contributed by atoms with Gasteiger partial charge >= 0.3 is 6.09 Å². The molecule has 40 heavy (non-hydrogen) atoms. The number of rotatable bonds is 4. The van der Waals surface area contributed by atoms with E-state index in [1.807, 2.05) is 67.8 Å². The van der Waals surface area contributed by atoms with Crippen molar-refractivity contribution in [3.05, 3.63) is 83.7 Å². The van der Waals surface area contributed by atoms with Gasteiger partial charge in [0, 0.05) is 43.5 Å². The van der Waals surface area contributed by atoms with Crippen LogP contribution in [-0.2, 0) is 11.3 Å². The van der Waals surface area contributed by atoms with E-state index in [1.54, 1.807) is 34.2 Å². The minimum atomic E-state index is -0.574. The Balaban J connectivity index is 1.35. The van der Waals surface area contributed by atoms with Gasteiger partial charge < -0.3 is 19.6 Å². The number of amides is 2. The van der Waals surface area contributed by atoms with E-state index in [4.69, 9.17) is 10.00 Å². The van der Waals surface area contributed by atoms with Gasteiger partial charge in [-0.1, -0.05) is 18.2 Å². The van der Waals surface area contributed by atoms with Crippen molar-refractivity contribution < 1.29 is 19.4 Å². The van der Waals surface area contributed by atoms with Crippen molar-refractivity contribution in [2.45, 2.75) is 33.0 Å². The molecule has 1 saturated heterocycles. The van der Waals surface area contributed by atoms with Crippen LogP contribution in [0.2, 0.25) is 0 Å². The van der Waals surface area contributed by atoms with Crippen LogP contribution in [0, 0.1) is 11.3 Å².